The van der Waals surface area contributed by atoms with Crippen molar-refractivity contribution in [2.45, 2.75) is 12.3 Å². The van der Waals surface area contributed by atoms with Gasteiger partial charge in [-0.2, -0.15) is 13.2 Å². The van der Waals surface area contributed by atoms with Gasteiger partial charge in [0.05, 0.1) is 5.56 Å². The Hall–Kier alpha value is -2.81. The first-order valence-corrected chi connectivity index (χ1v) is 7.24. The number of benzene rings is 1. The zero-order valence-electron chi connectivity index (χ0n) is 13.2. The van der Waals surface area contributed by atoms with E-state index in [2.05, 4.69) is 10.6 Å². The predicted molar refractivity (Wildman–Crippen MR) is 83.5 cm³/mol. The van der Waals surface area contributed by atoms with Gasteiger partial charge in [0.1, 0.15) is 6.10 Å². The Morgan fingerprint density at radius 2 is 1.80 bits per heavy atom. The van der Waals surface area contributed by atoms with Crippen LogP contribution in [-0.2, 0) is 22.8 Å². The first-order chi connectivity index (χ1) is 11.7. The van der Waals surface area contributed by atoms with Crippen LogP contribution in [0.5, 0.6) is 0 Å². The lowest BCUT2D eigenvalue weighted by molar-refractivity contribution is -0.137. The van der Waals surface area contributed by atoms with E-state index >= 15 is 0 Å². The third-order valence-corrected chi connectivity index (χ3v) is 3.46. The molecule has 0 saturated heterocycles. The Morgan fingerprint density at radius 1 is 1.16 bits per heavy atom. The Balaban J connectivity index is 1.88. The highest BCUT2D eigenvalue weighted by Gasteiger charge is 2.30. The van der Waals surface area contributed by atoms with E-state index in [1.165, 1.54) is 0 Å². The Labute approximate surface area is 141 Å². The molecule has 6 nitrogen and oxygen atoms in total. The maximum atomic E-state index is 12.5. The topological polar surface area (TPSA) is 83.4 Å². The number of hydrogen-bond donors (Lipinski definition) is 3. The number of halogens is 3. The molecule has 0 aliphatic carbocycles. The van der Waals surface area contributed by atoms with Crippen LogP contribution in [0.3, 0.4) is 0 Å². The number of carbonyl (C=O) groups excluding carboxylic acids is 2. The molecule has 1 aromatic carbocycles. The maximum Gasteiger partial charge on any atom is 0.416 e. The molecule has 9 heteroatoms. The highest BCUT2D eigenvalue weighted by atomic mass is 19.4. The van der Waals surface area contributed by atoms with Crippen LogP contribution >= 0.6 is 0 Å². The van der Waals surface area contributed by atoms with Crippen molar-refractivity contribution in [3.8, 4) is 0 Å². The van der Waals surface area contributed by atoms with Crippen LogP contribution in [0.4, 0.5) is 18.9 Å². The number of aromatic nitrogens is 1. The minimum atomic E-state index is -4.48. The molecule has 2 rings (SSSR count). The van der Waals surface area contributed by atoms with Gasteiger partial charge in [0.15, 0.2) is 0 Å². The smallest absolute Gasteiger partial charge is 0.385 e. The Morgan fingerprint density at radius 3 is 2.32 bits per heavy atom. The van der Waals surface area contributed by atoms with E-state index in [0.29, 0.717) is 5.69 Å². The molecule has 1 heterocycles. The Kier molecular flexibility index (Phi) is 5.48. The summed E-state index contributed by atoms with van der Waals surface area (Å²) in [5.41, 5.74) is -0.250. The fourth-order valence-electron chi connectivity index (χ4n) is 2.13. The average Bonchev–Trinajstić information content (AvgIpc) is 2.98. The molecule has 0 aliphatic rings. The van der Waals surface area contributed by atoms with E-state index in [1.54, 1.807) is 29.9 Å². The first kappa shape index (κ1) is 18.5. The number of nitrogens with one attached hydrogen (secondary N) is 2. The summed E-state index contributed by atoms with van der Waals surface area (Å²) in [6.07, 6.45) is -3.76. The van der Waals surface area contributed by atoms with E-state index in [9.17, 15) is 27.9 Å². The number of aliphatic hydroxyl groups excluding tert-OH is 1. The van der Waals surface area contributed by atoms with Crippen LogP contribution in [0.2, 0.25) is 0 Å². The number of rotatable bonds is 4. The number of aryl methyl sites for hydroxylation is 1. The van der Waals surface area contributed by atoms with Crippen molar-refractivity contribution in [3.05, 3.63) is 53.9 Å². The average molecular weight is 355 g/mol. The van der Waals surface area contributed by atoms with Gasteiger partial charge in [-0.1, -0.05) is 0 Å². The number of alkyl halides is 3. The molecule has 0 saturated carbocycles. The Bertz CT molecular complexity index is 754. The van der Waals surface area contributed by atoms with Gasteiger partial charge in [0.25, 0.3) is 0 Å². The lowest BCUT2D eigenvalue weighted by atomic mass is 10.2. The van der Waals surface area contributed by atoms with Gasteiger partial charge in [0, 0.05) is 31.2 Å². The third-order valence-electron chi connectivity index (χ3n) is 3.46. The summed E-state index contributed by atoms with van der Waals surface area (Å²) in [5, 5.41) is 14.4. The van der Waals surface area contributed by atoms with Crippen molar-refractivity contribution in [3.63, 3.8) is 0 Å². The lowest BCUT2D eigenvalue weighted by Gasteiger charge is -2.13. The van der Waals surface area contributed by atoms with Gasteiger partial charge in [-0.05, 0) is 36.4 Å². The van der Waals surface area contributed by atoms with Crippen molar-refractivity contribution >= 4 is 17.5 Å². The SMILES string of the molecule is Cn1cccc1C(O)CNC(=O)C(=O)Nc1ccc(C(F)(F)F)cc1. The molecule has 25 heavy (non-hydrogen) atoms. The predicted octanol–water partition coefficient (Wildman–Crippen LogP) is 1.83. The highest BCUT2D eigenvalue weighted by Crippen LogP contribution is 2.29. The summed E-state index contributed by atoms with van der Waals surface area (Å²) in [4.78, 5) is 23.4. The molecule has 0 bridgehead atoms. The third kappa shape index (κ3) is 4.83. The molecule has 1 unspecified atom stereocenters. The van der Waals surface area contributed by atoms with E-state index in [-0.39, 0.29) is 12.2 Å². The van der Waals surface area contributed by atoms with Crippen molar-refractivity contribution in [2.24, 2.45) is 7.05 Å². The number of anilines is 1. The molecule has 134 valence electrons. The molecule has 0 fully saturated rings. The fraction of sp³-hybridized carbons (Fsp3) is 0.250. The van der Waals surface area contributed by atoms with Crippen molar-refractivity contribution in [1.82, 2.24) is 9.88 Å². The van der Waals surface area contributed by atoms with Crippen LogP contribution in [0.1, 0.15) is 17.4 Å². The zero-order valence-corrected chi connectivity index (χ0v) is 13.2. The normalized spacial score (nSPS) is 12.5. The van der Waals surface area contributed by atoms with Crippen molar-refractivity contribution in [1.29, 1.82) is 0 Å². The second-order valence-corrected chi connectivity index (χ2v) is 5.30. The quantitative estimate of drug-likeness (QED) is 0.732. The van der Waals surface area contributed by atoms with Crippen molar-refractivity contribution < 1.29 is 27.9 Å². The molecule has 0 aliphatic heterocycles. The molecule has 0 spiro atoms. The summed E-state index contributed by atoms with van der Waals surface area (Å²) in [5.74, 6) is -2.05. The standard InChI is InChI=1S/C16H16F3N3O3/c1-22-8-2-3-12(22)13(23)9-20-14(24)15(25)21-11-6-4-10(5-7-11)16(17,18)19/h2-8,13,23H,9H2,1H3,(H,20,24)(H,21,25). The number of nitrogens with zero attached hydrogens (tertiary/aromatic N) is 1. The van der Waals surface area contributed by atoms with Crippen LogP contribution in [0.15, 0.2) is 42.6 Å². The monoisotopic (exact) mass is 355 g/mol. The molecule has 0 radical (unpaired) electrons. The fourth-order valence-corrected chi connectivity index (χ4v) is 2.13. The maximum absolute atomic E-state index is 12.5. The van der Waals surface area contributed by atoms with Gasteiger partial charge < -0.3 is 20.3 Å². The first-order valence-electron chi connectivity index (χ1n) is 7.24. The van der Waals surface area contributed by atoms with Gasteiger partial charge in [-0.25, -0.2) is 0 Å². The second kappa shape index (κ2) is 7.39. The van der Waals surface area contributed by atoms with Crippen LogP contribution < -0.4 is 10.6 Å². The second-order valence-electron chi connectivity index (χ2n) is 5.30. The number of hydrogen-bond acceptors (Lipinski definition) is 3. The molecule has 1 aromatic heterocycles. The lowest BCUT2D eigenvalue weighted by Crippen LogP contribution is -2.37. The van der Waals surface area contributed by atoms with Crippen molar-refractivity contribution in [2.75, 3.05) is 11.9 Å². The summed E-state index contributed by atoms with van der Waals surface area (Å²) in [7, 11) is 1.72. The van der Waals surface area contributed by atoms with Crippen LogP contribution in [0, 0.1) is 0 Å². The molecular weight excluding hydrogens is 339 g/mol. The largest absolute Gasteiger partial charge is 0.416 e. The van der Waals surface area contributed by atoms with Gasteiger partial charge in [-0.3, -0.25) is 9.59 Å². The molecule has 2 amide bonds. The number of amides is 2. The van der Waals surface area contributed by atoms with E-state index in [1.807, 2.05) is 0 Å². The van der Waals surface area contributed by atoms with E-state index in [0.717, 1.165) is 24.3 Å². The number of carbonyl (C=O) groups is 2. The summed E-state index contributed by atoms with van der Waals surface area (Å²) in [6.45, 7) is -0.183. The summed E-state index contributed by atoms with van der Waals surface area (Å²) >= 11 is 0. The highest BCUT2D eigenvalue weighted by molar-refractivity contribution is 6.39. The van der Waals surface area contributed by atoms with Gasteiger partial charge in [-0.15, -0.1) is 0 Å². The number of aliphatic hydroxyl groups is 1. The zero-order chi connectivity index (χ0) is 18.6. The molecule has 2 aromatic rings. The molecule has 3 N–H and O–H groups in total. The summed E-state index contributed by atoms with van der Waals surface area (Å²) < 4.78 is 39.0. The minimum absolute atomic E-state index is 0.0520. The van der Waals surface area contributed by atoms with Crippen LogP contribution in [0.25, 0.3) is 0 Å². The van der Waals surface area contributed by atoms with E-state index in [4.69, 9.17) is 0 Å². The summed E-state index contributed by atoms with van der Waals surface area (Å²) in [6, 6.07) is 7.08. The minimum Gasteiger partial charge on any atom is -0.385 e. The van der Waals surface area contributed by atoms with E-state index < -0.39 is 29.7 Å². The molecular formula is C16H16F3N3O3. The van der Waals surface area contributed by atoms with Gasteiger partial charge in [0.2, 0.25) is 0 Å². The van der Waals surface area contributed by atoms with Gasteiger partial charge >= 0.3 is 18.0 Å². The molecule has 1 atom stereocenters. The van der Waals surface area contributed by atoms with Crippen LogP contribution in [-0.4, -0.2) is 28.0 Å².